The van der Waals surface area contributed by atoms with Crippen LogP contribution < -0.4 is 5.32 Å². The van der Waals surface area contributed by atoms with E-state index in [2.05, 4.69) is 15.5 Å². The summed E-state index contributed by atoms with van der Waals surface area (Å²) in [5, 5.41) is 10.5. The number of nitrogens with zero attached hydrogens (tertiary/aromatic N) is 2. The highest BCUT2D eigenvalue weighted by Gasteiger charge is 2.05. The molecule has 1 aromatic rings. The summed E-state index contributed by atoms with van der Waals surface area (Å²) in [6.45, 7) is 0. The van der Waals surface area contributed by atoms with E-state index >= 15 is 0 Å². The molecule has 1 heterocycles. The van der Waals surface area contributed by atoms with E-state index in [4.69, 9.17) is 11.6 Å². The molecule has 0 saturated heterocycles. The molecule has 0 aromatic carbocycles. The summed E-state index contributed by atoms with van der Waals surface area (Å²) >= 11 is 8.09. The van der Waals surface area contributed by atoms with Crippen molar-refractivity contribution in [2.75, 3.05) is 17.5 Å². The summed E-state index contributed by atoms with van der Waals surface area (Å²) in [5.74, 6) is -0.325. The van der Waals surface area contributed by atoms with Crippen LogP contribution in [0.25, 0.3) is 0 Å². The number of carbonyl (C=O) groups excluding carboxylic acids is 1. The molecule has 12 heavy (non-hydrogen) atoms. The van der Waals surface area contributed by atoms with Crippen LogP contribution in [-0.2, 0) is 4.79 Å². The van der Waals surface area contributed by atoms with Crippen molar-refractivity contribution in [1.29, 1.82) is 0 Å². The third kappa shape index (κ3) is 2.62. The molecular formula is C5H6ClN3OS2. The van der Waals surface area contributed by atoms with E-state index in [-0.39, 0.29) is 11.8 Å². The van der Waals surface area contributed by atoms with Crippen molar-refractivity contribution in [2.45, 2.75) is 4.34 Å². The summed E-state index contributed by atoms with van der Waals surface area (Å²) in [4.78, 5) is 10.8. The molecular weight excluding hydrogens is 218 g/mol. The first-order chi connectivity index (χ1) is 5.76. The molecule has 0 aliphatic carbocycles. The molecule has 7 heteroatoms. The first-order valence-corrected chi connectivity index (χ1v) is 5.57. The van der Waals surface area contributed by atoms with Gasteiger partial charge in [-0.15, -0.1) is 21.8 Å². The minimum absolute atomic E-state index is 0.0613. The maximum atomic E-state index is 10.8. The molecule has 0 radical (unpaired) electrons. The zero-order valence-electron chi connectivity index (χ0n) is 6.20. The van der Waals surface area contributed by atoms with E-state index in [0.29, 0.717) is 5.13 Å². The molecule has 1 amide bonds. The van der Waals surface area contributed by atoms with Gasteiger partial charge in [0.25, 0.3) is 0 Å². The Hall–Kier alpha value is -0.330. The first-order valence-electron chi connectivity index (χ1n) is 2.99. The molecule has 1 rings (SSSR count). The van der Waals surface area contributed by atoms with Gasteiger partial charge in [0.05, 0.1) is 0 Å². The van der Waals surface area contributed by atoms with Crippen LogP contribution in [0.4, 0.5) is 5.13 Å². The first kappa shape index (κ1) is 9.76. The van der Waals surface area contributed by atoms with Crippen LogP contribution in [0.1, 0.15) is 0 Å². The average molecular weight is 224 g/mol. The van der Waals surface area contributed by atoms with Gasteiger partial charge in [-0.2, -0.15) is 0 Å². The lowest BCUT2D eigenvalue weighted by Gasteiger charge is -1.93. The second-order valence-corrected chi connectivity index (χ2v) is 4.06. The smallest absolute Gasteiger partial charge is 0.241 e. The summed E-state index contributed by atoms with van der Waals surface area (Å²) in [7, 11) is 0. The topological polar surface area (TPSA) is 54.9 Å². The Bertz CT molecular complexity index is 277. The lowest BCUT2D eigenvalue weighted by atomic mass is 10.7. The predicted octanol–water partition coefficient (Wildman–Crippen LogP) is 1.44. The largest absolute Gasteiger partial charge is 0.299 e. The zero-order chi connectivity index (χ0) is 8.97. The Morgan fingerprint density at radius 3 is 3.00 bits per heavy atom. The number of nitrogens with one attached hydrogen (secondary N) is 1. The van der Waals surface area contributed by atoms with E-state index in [9.17, 15) is 4.79 Å². The van der Waals surface area contributed by atoms with Crippen LogP contribution in [0.2, 0.25) is 0 Å². The van der Waals surface area contributed by atoms with Gasteiger partial charge in [-0.1, -0.05) is 23.1 Å². The number of hydrogen-bond acceptors (Lipinski definition) is 5. The van der Waals surface area contributed by atoms with Crippen molar-refractivity contribution < 1.29 is 4.79 Å². The molecule has 0 aliphatic rings. The van der Waals surface area contributed by atoms with E-state index in [1.165, 1.54) is 23.1 Å². The lowest BCUT2D eigenvalue weighted by molar-refractivity contribution is -0.113. The molecule has 1 aromatic heterocycles. The molecule has 0 saturated carbocycles. The number of hydrogen-bond donors (Lipinski definition) is 1. The van der Waals surface area contributed by atoms with Crippen LogP contribution >= 0.6 is 34.7 Å². The molecule has 0 spiro atoms. The Kier molecular flexibility index (Phi) is 3.77. The van der Waals surface area contributed by atoms with Gasteiger partial charge in [0, 0.05) is 0 Å². The number of alkyl halides is 1. The fraction of sp³-hybridized carbons (Fsp3) is 0.400. The minimum atomic E-state index is -0.263. The van der Waals surface area contributed by atoms with Crippen molar-refractivity contribution in [3.8, 4) is 0 Å². The van der Waals surface area contributed by atoms with Crippen molar-refractivity contribution in [3.63, 3.8) is 0 Å². The molecule has 0 bridgehead atoms. The molecule has 66 valence electrons. The number of halogens is 1. The highest BCUT2D eigenvalue weighted by atomic mass is 35.5. The molecule has 0 unspecified atom stereocenters. The van der Waals surface area contributed by atoms with E-state index in [1.807, 2.05) is 6.26 Å². The number of aromatic nitrogens is 2. The molecule has 0 aliphatic heterocycles. The van der Waals surface area contributed by atoms with Crippen molar-refractivity contribution in [2.24, 2.45) is 0 Å². The Balaban J connectivity index is 2.58. The van der Waals surface area contributed by atoms with Gasteiger partial charge in [0.15, 0.2) is 4.34 Å². The maximum Gasteiger partial charge on any atom is 0.241 e. The quantitative estimate of drug-likeness (QED) is 0.479. The monoisotopic (exact) mass is 223 g/mol. The SMILES string of the molecule is CSc1nnc(NC(=O)CCl)s1. The normalized spacial score (nSPS) is 9.83. The van der Waals surface area contributed by atoms with Crippen molar-refractivity contribution >= 4 is 45.7 Å². The highest BCUT2D eigenvalue weighted by Crippen LogP contribution is 2.22. The van der Waals surface area contributed by atoms with E-state index in [1.54, 1.807) is 0 Å². The van der Waals surface area contributed by atoms with E-state index in [0.717, 1.165) is 4.34 Å². The van der Waals surface area contributed by atoms with Crippen LogP contribution in [0.3, 0.4) is 0 Å². The molecule has 1 N–H and O–H groups in total. The van der Waals surface area contributed by atoms with Crippen LogP contribution in [0, 0.1) is 0 Å². The number of anilines is 1. The average Bonchev–Trinajstić information content (AvgIpc) is 2.52. The number of carbonyl (C=O) groups is 1. The summed E-state index contributed by atoms with van der Waals surface area (Å²) in [6.07, 6.45) is 1.90. The van der Waals surface area contributed by atoms with Crippen LogP contribution in [0.5, 0.6) is 0 Å². The lowest BCUT2D eigenvalue weighted by Crippen LogP contribution is -2.12. The summed E-state index contributed by atoms with van der Waals surface area (Å²) in [5.41, 5.74) is 0. The summed E-state index contributed by atoms with van der Waals surface area (Å²) < 4.78 is 0.819. The van der Waals surface area contributed by atoms with Gasteiger partial charge in [-0.3, -0.25) is 10.1 Å². The van der Waals surface area contributed by atoms with E-state index < -0.39 is 0 Å². The van der Waals surface area contributed by atoms with Gasteiger partial charge in [0.1, 0.15) is 5.88 Å². The fourth-order valence-electron chi connectivity index (χ4n) is 0.495. The maximum absolute atomic E-state index is 10.8. The molecule has 4 nitrogen and oxygen atoms in total. The third-order valence-electron chi connectivity index (χ3n) is 0.949. The van der Waals surface area contributed by atoms with Gasteiger partial charge in [-0.05, 0) is 6.26 Å². The molecule has 0 atom stereocenters. The molecule has 0 fully saturated rings. The summed E-state index contributed by atoms with van der Waals surface area (Å²) in [6, 6.07) is 0. The van der Waals surface area contributed by atoms with Crippen LogP contribution in [-0.4, -0.2) is 28.2 Å². The van der Waals surface area contributed by atoms with Gasteiger partial charge in [-0.25, -0.2) is 0 Å². The van der Waals surface area contributed by atoms with Gasteiger partial charge >= 0.3 is 0 Å². The zero-order valence-corrected chi connectivity index (χ0v) is 8.59. The second kappa shape index (κ2) is 4.64. The third-order valence-corrected chi connectivity index (χ3v) is 3.01. The number of rotatable bonds is 3. The second-order valence-electron chi connectivity index (χ2n) is 1.76. The predicted molar refractivity (Wildman–Crippen MR) is 51.0 cm³/mol. The highest BCUT2D eigenvalue weighted by molar-refractivity contribution is 8.00. The van der Waals surface area contributed by atoms with Crippen LogP contribution in [0.15, 0.2) is 4.34 Å². The fourth-order valence-corrected chi connectivity index (χ4v) is 1.75. The standard InChI is InChI=1S/C5H6ClN3OS2/c1-11-5-9-8-4(12-5)7-3(10)2-6/h2H2,1H3,(H,7,8,10). The Labute approximate surface area is 82.7 Å². The van der Waals surface area contributed by atoms with Crippen molar-refractivity contribution in [1.82, 2.24) is 10.2 Å². The van der Waals surface area contributed by atoms with Crippen molar-refractivity contribution in [3.05, 3.63) is 0 Å². The Morgan fingerprint density at radius 1 is 1.75 bits per heavy atom. The number of amides is 1. The minimum Gasteiger partial charge on any atom is -0.299 e. The Morgan fingerprint density at radius 2 is 2.50 bits per heavy atom. The number of thioether (sulfide) groups is 1. The van der Waals surface area contributed by atoms with Gasteiger partial charge < -0.3 is 0 Å². The van der Waals surface area contributed by atoms with Gasteiger partial charge in [0.2, 0.25) is 11.0 Å².